The van der Waals surface area contributed by atoms with Gasteiger partial charge >= 0.3 is 5.97 Å². The van der Waals surface area contributed by atoms with E-state index in [1.807, 2.05) is 30.3 Å². The van der Waals surface area contributed by atoms with Crippen LogP contribution in [0.5, 0.6) is 0 Å². The molecule has 0 spiro atoms. The fraction of sp³-hybridized carbons (Fsp3) is 0.619. The minimum absolute atomic E-state index is 0.0609. The molecule has 1 amide bonds. The number of benzene rings is 1. The van der Waals surface area contributed by atoms with Gasteiger partial charge in [-0.1, -0.05) is 88.6 Å². The number of carboxylic acid groups (broad SMARTS) is 1. The minimum Gasteiger partial charge on any atom is -0.480 e. The predicted molar refractivity (Wildman–Crippen MR) is 101 cm³/mol. The number of nitrogens with zero attached hydrogens (tertiary/aromatic N) is 1. The van der Waals surface area contributed by atoms with E-state index in [-0.39, 0.29) is 12.5 Å². The first-order valence-corrected chi connectivity index (χ1v) is 9.67. The molecule has 1 rings (SSSR count). The number of hydrogen-bond donors (Lipinski definition) is 1. The Bertz CT molecular complexity index is 487. The van der Waals surface area contributed by atoms with Gasteiger partial charge in [0.15, 0.2) is 0 Å². The third kappa shape index (κ3) is 10.6. The molecule has 1 N–H and O–H groups in total. The largest absolute Gasteiger partial charge is 0.480 e. The quantitative estimate of drug-likeness (QED) is 0.481. The molecule has 0 radical (unpaired) electrons. The lowest BCUT2D eigenvalue weighted by Crippen LogP contribution is -2.35. The molecule has 0 unspecified atom stereocenters. The second kappa shape index (κ2) is 13.5. The van der Waals surface area contributed by atoms with E-state index in [2.05, 4.69) is 6.92 Å². The number of carbonyl (C=O) groups excluding carboxylic acids is 1. The van der Waals surface area contributed by atoms with Crippen molar-refractivity contribution in [2.75, 3.05) is 6.54 Å². The number of amides is 1. The number of unbranched alkanes of at least 4 members (excludes halogenated alkanes) is 8. The van der Waals surface area contributed by atoms with E-state index in [9.17, 15) is 9.59 Å². The molecule has 0 aromatic heterocycles. The van der Waals surface area contributed by atoms with Crippen LogP contribution in [-0.4, -0.2) is 28.4 Å². The SMILES string of the molecule is CCCCCCCCCCCC(=O)N(CC(=O)O)Cc1ccccc1. The van der Waals surface area contributed by atoms with Gasteiger partial charge in [-0.25, -0.2) is 0 Å². The summed E-state index contributed by atoms with van der Waals surface area (Å²) in [5.41, 5.74) is 0.962. The summed E-state index contributed by atoms with van der Waals surface area (Å²) in [6.45, 7) is 2.36. The smallest absolute Gasteiger partial charge is 0.323 e. The lowest BCUT2D eigenvalue weighted by molar-refractivity contribution is -0.145. The highest BCUT2D eigenvalue weighted by Gasteiger charge is 2.16. The second-order valence-corrected chi connectivity index (χ2v) is 6.71. The molecular weight excluding hydrogens is 314 g/mol. The molecule has 25 heavy (non-hydrogen) atoms. The molecule has 0 atom stereocenters. The zero-order valence-electron chi connectivity index (χ0n) is 15.6. The molecule has 0 aliphatic rings. The molecule has 1 aromatic rings. The average Bonchev–Trinajstić information content (AvgIpc) is 2.60. The molecule has 0 bridgehead atoms. The van der Waals surface area contributed by atoms with Gasteiger partial charge in [-0.15, -0.1) is 0 Å². The Morgan fingerprint density at radius 2 is 1.44 bits per heavy atom. The minimum atomic E-state index is -0.962. The molecule has 0 aliphatic carbocycles. The van der Waals surface area contributed by atoms with Crippen LogP contribution in [0.25, 0.3) is 0 Å². The van der Waals surface area contributed by atoms with Gasteiger partial charge in [-0.3, -0.25) is 9.59 Å². The van der Waals surface area contributed by atoms with Gasteiger partial charge in [0.25, 0.3) is 0 Å². The lowest BCUT2D eigenvalue weighted by atomic mass is 10.1. The van der Waals surface area contributed by atoms with Gasteiger partial charge in [0.2, 0.25) is 5.91 Å². The van der Waals surface area contributed by atoms with Crippen LogP contribution in [0.4, 0.5) is 0 Å². The number of hydrogen-bond acceptors (Lipinski definition) is 2. The Labute approximate surface area is 152 Å². The second-order valence-electron chi connectivity index (χ2n) is 6.71. The van der Waals surface area contributed by atoms with Gasteiger partial charge in [0, 0.05) is 13.0 Å². The summed E-state index contributed by atoms with van der Waals surface area (Å²) in [7, 11) is 0. The van der Waals surface area contributed by atoms with Crippen molar-refractivity contribution in [1.82, 2.24) is 4.90 Å². The molecule has 1 aromatic carbocycles. The van der Waals surface area contributed by atoms with Gasteiger partial charge in [-0.05, 0) is 12.0 Å². The van der Waals surface area contributed by atoms with Crippen LogP contribution in [-0.2, 0) is 16.1 Å². The van der Waals surface area contributed by atoms with Crippen LogP contribution in [0.2, 0.25) is 0 Å². The van der Waals surface area contributed by atoms with Crippen molar-refractivity contribution in [2.24, 2.45) is 0 Å². The Balaban J connectivity index is 2.25. The van der Waals surface area contributed by atoms with Gasteiger partial charge < -0.3 is 10.0 Å². The molecule has 0 saturated heterocycles. The molecule has 0 saturated carbocycles. The maximum Gasteiger partial charge on any atom is 0.323 e. The highest BCUT2D eigenvalue weighted by Crippen LogP contribution is 2.12. The Hall–Kier alpha value is -1.84. The van der Waals surface area contributed by atoms with Crippen molar-refractivity contribution in [1.29, 1.82) is 0 Å². The lowest BCUT2D eigenvalue weighted by Gasteiger charge is -2.21. The third-order valence-corrected chi connectivity index (χ3v) is 4.39. The maximum atomic E-state index is 12.4. The van der Waals surface area contributed by atoms with Crippen molar-refractivity contribution in [3.05, 3.63) is 35.9 Å². The van der Waals surface area contributed by atoms with Gasteiger partial charge in [0.05, 0.1) is 0 Å². The summed E-state index contributed by atoms with van der Waals surface area (Å²) in [6, 6.07) is 9.55. The summed E-state index contributed by atoms with van der Waals surface area (Å²) in [6.07, 6.45) is 11.3. The molecule has 0 heterocycles. The Kier molecular flexibility index (Phi) is 11.4. The molecular formula is C21H33NO3. The van der Waals surface area contributed by atoms with Crippen LogP contribution in [0.15, 0.2) is 30.3 Å². The van der Waals surface area contributed by atoms with Crippen molar-refractivity contribution in [3.63, 3.8) is 0 Å². The van der Waals surface area contributed by atoms with E-state index < -0.39 is 5.97 Å². The predicted octanol–water partition coefficient (Wildman–Crippen LogP) is 5.02. The van der Waals surface area contributed by atoms with Crippen LogP contribution in [0, 0.1) is 0 Å². The summed E-state index contributed by atoms with van der Waals surface area (Å²) < 4.78 is 0. The van der Waals surface area contributed by atoms with E-state index in [1.165, 1.54) is 43.4 Å². The van der Waals surface area contributed by atoms with Crippen molar-refractivity contribution >= 4 is 11.9 Å². The molecule has 4 nitrogen and oxygen atoms in total. The van der Waals surface area contributed by atoms with Crippen LogP contribution >= 0.6 is 0 Å². The summed E-state index contributed by atoms with van der Waals surface area (Å²) in [5.74, 6) is -1.02. The number of carbonyl (C=O) groups is 2. The Morgan fingerprint density at radius 1 is 0.880 bits per heavy atom. The fourth-order valence-corrected chi connectivity index (χ4v) is 2.94. The van der Waals surface area contributed by atoms with Crippen molar-refractivity contribution in [2.45, 2.75) is 77.7 Å². The van der Waals surface area contributed by atoms with Crippen molar-refractivity contribution in [3.8, 4) is 0 Å². The van der Waals surface area contributed by atoms with Gasteiger partial charge in [-0.2, -0.15) is 0 Å². The first kappa shape index (κ1) is 21.2. The monoisotopic (exact) mass is 347 g/mol. The maximum absolute atomic E-state index is 12.4. The molecule has 0 fully saturated rings. The highest BCUT2D eigenvalue weighted by molar-refractivity contribution is 5.81. The summed E-state index contributed by atoms with van der Waals surface area (Å²) in [5, 5.41) is 9.05. The van der Waals surface area contributed by atoms with E-state index in [1.54, 1.807) is 0 Å². The van der Waals surface area contributed by atoms with Crippen LogP contribution in [0.3, 0.4) is 0 Å². The van der Waals surface area contributed by atoms with Crippen LogP contribution in [0.1, 0.15) is 76.7 Å². The standard InChI is InChI=1S/C21H33NO3/c1-2-3-4-5-6-7-8-9-13-16-20(23)22(18-21(24)25)17-19-14-11-10-12-15-19/h10-12,14-15H,2-9,13,16-18H2,1H3,(H,24,25). The normalized spacial score (nSPS) is 10.6. The topological polar surface area (TPSA) is 57.6 Å². The first-order valence-electron chi connectivity index (χ1n) is 9.67. The summed E-state index contributed by atoms with van der Waals surface area (Å²) in [4.78, 5) is 24.8. The van der Waals surface area contributed by atoms with Gasteiger partial charge in [0.1, 0.15) is 6.54 Å². The first-order chi connectivity index (χ1) is 12.1. The number of carboxylic acids is 1. The van der Waals surface area contributed by atoms with E-state index in [4.69, 9.17) is 5.11 Å². The zero-order valence-corrected chi connectivity index (χ0v) is 15.6. The molecule has 140 valence electrons. The summed E-state index contributed by atoms with van der Waals surface area (Å²) >= 11 is 0. The number of aliphatic carboxylic acids is 1. The van der Waals surface area contributed by atoms with E-state index >= 15 is 0 Å². The zero-order chi connectivity index (χ0) is 18.3. The van der Waals surface area contributed by atoms with E-state index in [0.29, 0.717) is 13.0 Å². The fourth-order valence-electron chi connectivity index (χ4n) is 2.94. The third-order valence-electron chi connectivity index (χ3n) is 4.39. The number of rotatable bonds is 14. The Morgan fingerprint density at radius 3 is 2.00 bits per heavy atom. The van der Waals surface area contributed by atoms with Crippen LogP contribution < -0.4 is 0 Å². The van der Waals surface area contributed by atoms with E-state index in [0.717, 1.165) is 24.8 Å². The molecule has 4 heteroatoms. The highest BCUT2D eigenvalue weighted by atomic mass is 16.4. The molecule has 0 aliphatic heterocycles. The van der Waals surface area contributed by atoms with Crippen molar-refractivity contribution < 1.29 is 14.7 Å². The average molecular weight is 347 g/mol.